The molecule has 0 saturated heterocycles. The van der Waals surface area contributed by atoms with E-state index in [2.05, 4.69) is 5.32 Å². The summed E-state index contributed by atoms with van der Waals surface area (Å²) in [6.07, 6.45) is 4.32. The highest BCUT2D eigenvalue weighted by Gasteiger charge is 2.54. The number of amides is 2. The Bertz CT molecular complexity index is 1220. The lowest BCUT2D eigenvalue weighted by atomic mass is 9.71. The van der Waals surface area contributed by atoms with Gasteiger partial charge in [0.25, 0.3) is 11.8 Å². The molecule has 0 atom stereocenters. The number of pyridine rings is 1. The van der Waals surface area contributed by atoms with Gasteiger partial charge in [0.2, 0.25) is 5.43 Å². The number of carbonyl (C=O) groups excluding carboxylic acids is 2. The number of benzene rings is 1. The van der Waals surface area contributed by atoms with Crippen LogP contribution >= 0.6 is 11.6 Å². The number of aromatic nitrogens is 1. The van der Waals surface area contributed by atoms with Gasteiger partial charge >= 0.3 is 0 Å². The maximum absolute atomic E-state index is 14.3. The van der Waals surface area contributed by atoms with E-state index in [4.69, 9.17) is 21.1 Å². The highest BCUT2D eigenvalue weighted by Crippen LogP contribution is 2.44. The summed E-state index contributed by atoms with van der Waals surface area (Å²) < 4.78 is 27.2. The van der Waals surface area contributed by atoms with Crippen LogP contribution in [0.25, 0.3) is 0 Å². The Hall–Kier alpha value is -2.91. The fourth-order valence-corrected chi connectivity index (χ4v) is 5.28. The monoisotopic (exact) mass is 519 g/mol. The number of hydrogen-bond donors (Lipinski definition) is 1. The second kappa shape index (κ2) is 10.6. The standard InChI is InChI=1S/C26H31ClFN3O5/c1-4-6-10-36-23-21-25(34)31(5-2)26(11-17(12-26)35-3)15-30(21)14-18(22(23)32)24(33)29-13-16-8-7-9-19(27)20(16)28/h7-9,14,17H,4-6,10-13,15H2,1-3H3,(H,29,33)/t17-,26+. The molecule has 0 bridgehead atoms. The van der Waals surface area contributed by atoms with Crippen molar-refractivity contribution in [2.75, 3.05) is 20.3 Å². The van der Waals surface area contributed by atoms with Gasteiger partial charge in [-0.3, -0.25) is 14.4 Å². The maximum Gasteiger partial charge on any atom is 0.275 e. The van der Waals surface area contributed by atoms with Crippen molar-refractivity contribution in [1.29, 1.82) is 0 Å². The second-order valence-corrected chi connectivity index (χ2v) is 9.72. The highest BCUT2D eigenvalue weighted by atomic mass is 35.5. The molecule has 1 aliphatic heterocycles. The average Bonchev–Trinajstić information content (AvgIpc) is 2.84. The van der Waals surface area contributed by atoms with Crippen LogP contribution in [0, 0.1) is 5.82 Å². The van der Waals surface area contributed by atoms with E-state index in [0.29, 0.717) is 32.4 Å². The molecule has 1 aromatic carbocycles. The van der Waals surface area contributed by atoms with E-state index in [-0.39, 0.29) is 52.8 Å². The predicted octanol–water partition coefficient (Wildman–Crippen LogP) is 3.77. The fourth-order valence-electron chi connectivity index (χ4n) is 5.08. The number of nitrogens with zero attached hydrogens (tertiary/aromatic N) is 2. The Balaban J connectivity index is 1.71. The Morgan fingerprint density at radius 3 is 2.69 bits per heavy atom. The van der Waals surface area contributed by atoms with Crippen molar-refractivity contribution < 1.29 is 23.5 Å². The molecule has 1 aromatic heterocycles. The van der Waals surface area contributed by atoms with Gasteiger partial charge in [-0.25, -0.2) is 4.39 Å². The van der Waals surface area contributed by atoms with Gasteiger partial charge in [0.05, 0.1) is 23.3 Å². The third kappa shape index (κ3) is 4.62. The van der Waals surface area contributed by atoms with Crippen LogP contribution in [0.3, 0.4) is 0 Å². The molecule has 1 fully saturated rings. The van der Waals surface area contributed by atoms with E-state index in [9.17, 15) is 18.8 Å². The van der Waals surface area contributed by atoms with Crippen LogP contribution in [0.4, 0.5) is 4.39 Å². The smallest absolute Gasteiger partial charge is 0.275 e. The van der Waals surface area contributed by atoms with Gasteiger partial charge in [0.1, 0.15) is 11.4 Å². The number of halogens is 2. The Labute approximate surface area is 214 Å². The lowest BCUT2D eigenvalue weighted by Crippen LogP contribution is -2.66. The normalized spacial score (nSPS) is 20.8. The molecule has 10 heteroatoms. The minimum Gasteiger partial charge on any atom is -0.487 e. The zero-order valence-corrected chi connectivity index (χ0v) is 21.5. The summed E-state index contributed by atoms with van der Waals surface area (Å²) in [7, 11) is 1.65. The lowest BCUT2D eigenvalue weighted by Gasteiger charge is -2.56. The number of methoxy groups -OCH3 is 1. The van der Waals surface area contributed by atoms with E-state index in [1.807, 2.05) is 13.8 Å². The van der Waals surface area contributed by atoms with Gasteiger partial charge in [0.15, 0.2) is 11.4 Å². The van der Waals surface area contributed by atoms with E-state index < -0.39 is 22.7 Å². The molecular weight excluding hydrogens is 489 g/mol. The summed E-state index contributed by atoms with van der Waals surface area (Å²) >= 11 is 5.83. The number of rotatable bonds is 9. The molecule has 2 heterocycles. The zero-order valence-electron chi connectivity index (χ0n) is 20.7. The summed E-state index contributed by atoms with van der Waals surface area (Å²) in [6.45, 7) is 4.87. The first-order chi connectivity index (χ1) is 17.3. The van der Waals surface area contributed by atoms with Crippen LogP contribution in [-0.4, -0.2) is 53.2 Å². The molecule has 1 saturated carbocycles. The van der Waals surface area contributed by atoms with Crippen molar-refractivity contribution in [1.82, 2.24) is 14.8 Å². The summed E-state index contributed by atoms with van der Waals surface area (Å²) in [5.74, 6) is -1.73. The quantitative estimate of drug-likeness (QED) is 0.509. The fraction of sp³-hybridized carbons (Fsp3) is 0.500. The molecule has 0 radical (unpaired) electrons. The average molecular weight is 520 g/mol. The molecule has 1 aliphatic carbocycles. The van der Waals surface area contributed by atoms with Crippen molar-refractivity contribution in [2.24, 2.45) is 0 Å². The summed E-state index contributed by atoms with van der Waals surface area (Å²) in [5, 5.41) is 2.55. The van der Waals surface area contributed by atoms with Gasteiger partial charge < -0.3 is 24.3 Å². The highest BCUT2D eigenvalue weighted by molar-refractivity contribution is 6.30. The number of hydrogen-bond acceptors (Lipinski definition) is 5. The SMILES string of the molecule is CCCCOc1c2n(cc(C(=O)NCc3cccc(Cl)c3F)c1=O)C[C@]1(C[C@H](OC)C1)N(CC)C2=O. The van der Waals surface area contributed by atoms with Gasteiger partial charge in [-0.15, -0.1) is 0 Å². The molecule has 1 spiro atoms. The largest absolute Gasteiger partial charge is 0.487 e. The first-order valence-electron chi connectivity index (χ1n) is 12.2. The third-order valence-electron chi connectivity index (χ3n) is 7.05. The third-order valence-corrected chi connectivity index (χ3v) is 7.34. The molecule has 8 nitrogen and oxygen atoms in total. The molecule has 194 valence electrons. The molecule has 1 N–H and O–H groups in total. The van der Waals surface area contributed by atoms with Gasteiger partial charge in [-0.05, 0) is 32.3 Å². The van der Waals surface area contributed by atoms with Gasteiger partial charge in [-0.2, -0.15) is 0 Å². The van der Waals surface area contributed by atoms with Crippen LogP contribution < -0.4 is 15.5 Å². The molecular formula is C26H31ClFN3O5. The van der Waals surface area contributed by atoms with Crippen LogP contribution in [0.5, 0.6) is 5.75 Å². The first-order valence-corrected chi connectivity index (χ1v) is 12.6. The number of ether oxygens (including phenoxy) is 2. The van der Waals surface area contributed by atoms with Crippen LogP contribution in [0.2, 0.25) is 5.02 Å². The first kappa shape index (κ1) is 26.2. The van der Waals surface area contributed by atoms with Crippen molar-refractivity contribution >= 4 is 23.4 Å². The molecule has 4 rings (SSSR count). The van der Waals surface area contributed by atoms with Crippen molar-refractivity contribution in [3.63, 3.8) is 0 Å². The van der Waals surface area contributed by atoms with E-state index in [1.165, 1.54) is 18.3 Å². The minimum atomic E-state index is -0.683. The number of unbranched alkanes of at least 4 members (excludes halogenated alkanes) is 1. The van der Waals surface area contributed by atoms with Crippen molar-refractivity contribution in [3.05, 3.63) is 62.3 Å². The Kier molecular flexibility index (Phi) is 7.70. The van der Waals surface area contributed by atoms with Crippen LogP contribution in [0.15, 0.2) is 29.2 Å². The number of likely N-dealkylation sites (N-methyl/N-ethyl adjacent to an activating group) is 1. The molecule has 0 unspecified atom stereocenters. The van der Waals surface area contributed by atoms with E-state index in [1.54, 1.807) is 22.6 Å². The maximum atomic E-state index is 14.3. The summed E-state index contributed by atoms with van der Waals surface area (Å²) in [6, 6.07) is 4.50. The summed E-state index contributed by atoms with van der Waals surface area (Å²) in [5.41, 5.74) is -0.927. The molecule has 2 amide bonds. The predicted molar refractivity (Wildman–Crippen MR) is 133 cm³/mol. The Morgan fingerprint density at radius 2 is 2.03 bits per heavy atom. The lowest BCUT2D eigenvalue weighted by molar-refractivity contribution is -0.0911. The van der Waals surface area contributed by atoms with Crippen LogP contribution in [-0.2, 0) is 17.8 Å². The molecule has 36 heavy (non-hydrogen) atoms. The van der Waals surface area contributed by atoms with Crippen molar-refractivity contribution in [3.8, 4) is 5.75 Å². The van der Waals surface area contributed by atoms with E-state index >= 15 is 0 Å². The molecule has 2 aliphatic rings. The minimum absolute atomic E-state index is 0.0448. The Morgan fingerprint density at radius 1 is 1.28 bits per heavy atom. The zero-order chi connectivity index (χ0) is 26.0. The van der Waals surface area contributed by atoms with Crippen molar-refractivity contribution in [2.45, 2.75) is 64.3 Å². The van der Waals surface area contributed by atoms with E-state index in [0.717, 1.165) is 6.42 Å². The second-order valence-electron chi connectivity index (χ2n) is 9.31. The van der Waals surface area contributed by atoms with Gasteiger partial charge in [0, 0.05) is 38.5 Å². The molecule has 2 aromatic rings. The van der Waals surface area contributed by atoms with Gasteiger partial charge in [-0.1, -0.05) is 37.1 Å². The topological polar surface area (TPSA) is 89.9 Å². The number of fused-ring (bicyclic) bond motifs is 1. The number of nitrogens with one attached hydrogen (secondary N) is 1. The number of carbonyl (C=O) groups is 2. The van der Waals surface area contributed by atoms with Crippen LogP contribution in [0.1, 0.15) is 65.9 Å². The summed E-state index contributed by atoms with van der Waals surface area (Å²) in [4.78, 5) is 41.9.